The van der Waals surface area contributed by atoms with E-state index >= 15 is 0 Å². The maximum Gasteiger partial charge on any atom is 0.390 e. The van der Waals surface area contributed by atoms with Crippen molar-refractivity contribution in [2.75, 3.05) is 19.6 Å². The van der Waals surface area contributed by atoms with Gasteiger partial charge in [0, 0.05) is 12.0 Å². The fourth-order valence-electron chi connectivity index (χ4n) is 1.74. The summed E-state index contributed by atoms with van der Waals surface area (Å²) in [5, 5.41) is 5.48. The highest BCUT2D eigenvalue weighted by Gasteiger charge is 2.35. The highest BCUT2D eigenvalue weighted by atomic mass is 19.4. The molecule has 1 heterocycles. The molecule has 0 spiro atoms. The number of carbonyl (C=O) groups is 1. The maximum absolute atomic E-state index is 11.9. The first-order valence-corrected chi connectivity index (χ1v) is 5.39. The van der Waals surface area contributed by atoms with E-state index in [1.54, 1.807) is 6.92 Å². The summed E-state index contributed by atoms with van der Waals surface area (Å²) in [5.74, 6) is -0.266. The Hall–Kier alpha value is -0.780. The Bertz CT molecular complexity index is 247. The molecule has 0 atom stereocenters. The quantitative estimate of drug-likeness (QED) is 0.781. The Morgan fingerprint density at radius 2 is 1.94 bits per heavy atom. The lowest BCUT2D eigenvalue weighted by Gasteiger charge is -2.32. The molecule has 1 saturated heterocycles. The van der Waals surface area contributed by atoms with Crippen LogP contribution in [0.5, 0.6) is 0 Å². The van der Waals surface area contributed by atoms with Gasteiger partial charge in [-0.3, -0.25) is 4.79 Å². The van der Waals surface area contributed by atoms with Crippen LogP contribution in [0.3, 0.4) is 0 Å². The van der Waals surface area contributed by atoms with E-state index in [-0.39, 0.29) is 12.5 Å². The highest BCUT2D eigenvalue weighted by Crippen LogP contribution is 2.28. The van der Waals surface area contributed by atoms with E-state index in [9.17, 15) is 18.0 Å². The van der Waals surface area contributed by atoms with Gasteiger partial charge in [-0.05, 0) is 25.9 Å². The van der Waals surface area contributed by atoms with E-state index in [1.165, 1.54) is 0 Å². The van der Waals surface area contributed by atoms with Crippen molar-refractivity contribution in [3.05, 3.63) is 0 Å². The molecule has 0 aromatic rings. The maximum atomic E-state index is 11.9. The van der Waals surface area contributed by atoms with Crippen LogP contribution in [0.1, 0.15) is 26.2 Å². The van der Waals surface area contributed by atoms with Crippen LogP contribution in [0.25, 0.3) is 0 Å². The van der Waals surface area contributed by atoms with E-state index in [4.69, 9.17) is 0 Å². The van der Waals surface area contributed by atoms with Gasteiger partial charge in [-0.2, -0.15) is 13.2 Å². The Morgan fingerprint density at radius 1 is 1.38 bits per heavy atom. The van der Waals surface area contributed by atoms with Crippen molar-refractivity contribution < 1.29 is 18.0 Å². The second-order valence-corrected chi connectivity index (χ2v) is 4.43. The van der Waals surface area contributed by atoms with Crippen LogP contribution in [0, 0.1) is 5.41 Å². The average molecular weight is 238 g/mol. The fraction of sp³-hybridized carbons (Fsp3) is 0.900. The van der Waals surface area contributed by atoms with Gasteiger partial charge in [0.2, 0.25) is 5.91 Å². The predicted molar refractivity (Wildman–Crippen MR) is 53.9 cm³/mol. The van der Waals surface area contributed by atoms with Crippen LogP contribution in [0.4, 0.5) is 13.2 Å². The Kier molecular flexibility index (Phi) is 4.18. The molecule has 1 amide bonds. The summed E-state index contributed by atoms with van der Waals surface area (Å²) >= 11 is 0. The third-order valence-corrected chi connectivity index (χ3v) is 2.95. The molecule has 1 aliphatic heterocycles. The largest absolute Gasteiger partial charge is 0.390 e. The molecule has 94 valence electrons. The van der Waals surface area contributed by atoms with Crippen LogP contribution in [0.15, 0.2) is 0 Å². The smallest absolute Gasteiger partial charge is 0.355 e. The number of rotatable bonds is 3. The molecule has 0 aromatic heterocycles. The van der Waals surface area contributed by atoms with Gasteiger partial charge in [0.1, 0.15) is 0 Å². The lowest BCUT2D eigenvalue weighted by molar-refractivity contribution is -0.139. The monoisotopic (exact) mass is 238 g/mol. The van der Waals surface area contributed by atoms with Crippen molar-refractivity contribution in [3.8, 4) is 0 Å². The van der Waals surface area contributed by atoms with Crippen molar-refractivity contribution in [1.29, 1.82) is 0 Å². The molecule has 0 aromatic carbocycles. The number of halogens is 3. The lowest BCUT2D eigenvalue weighted by Crippen LogP contribution is -2.46. The van der Waals surface area contributed by atoms with Gasteiger partial charge in [0.25, 0.3) is 0 Å². The Morgan fingerprint density at radius 3 is 2.44 bits per heavy atom. The Balaban J connectivity index is 2.34. The van der Waals surface area contributed by atoms with Crippen molar-refractivity contribution in [3.63, 3.8) is 0 Å². The summed E-state index contributed by atoms with van der Waals surface area (Å²) in [6.45, 7) is 2.95. The van der Waals surface area contributed by atoms with E-state index in [0.29, 0.717) is 12.8 Å². The van der Waals surface area contributed by atoms with Crippen LogP contribution >= 0.6 is 0 Å². The molecule has 3 nitrogen and oxygen atoms in total. The molecule has 0 unspecified atom stereocenters. The number of amides is 1. The first kappa shape index (κ1) is 13.3. The molecular formula is C10H17F3N2O. The molecular weight excluding hydrogens is 221 g/mol. The summed E-state index contributed by atoms with van der Waals surface area (Å²) in [5.41, 5.74) is -0.517. The molecule has 0 bridgehead atoms. The van der Waals surface area contributed by atoms with Crippen molar-refractivity contribution in [2.24, 2.45) is 5.41 Å². The summed E-state index contributed by atoms with van der Waals surface area (Å²) in [6.07, 6.45) is -3.83. The number of piperidine rings is 1. The van der Waals surface area contributed by atoms with Gasteiger partial charge in [0.15, 0.2) is 0 Å². The predicted octanol–water partition coefficient (Wildman–Crippen LogP) is 1.44. The number of carbonyl (C=O) groups excluding carboxylic acids is 1. The zero-order valence-electron chi connectivity index (χ0n) is 9.28. The number of alkyl halides is 3. The molecule has 2 N–H and O–H groups in total. The minimum atomic E-state index is -4.21. The van der Waals surface area contributed by atoms with Crippen molar-refractivity contribution in [2.45, 2.75) is 32.4 Å². The zero-order valence-corrected chi connectivity index (χ0v) is 9.28. The van der Waals surface area contributed by atoms with E-state index < -0.39 is 18.0 Å². The average Bonchev–Trinajstić information content (AvgIpc) is 2.16. The van der Waals surface area contributed by atoms with E-state index in [2.05, 4.69) is 10.6 Å². The van der Waals surface area contributed by atoms with Crippen LogP contribution < -0.4 is 10.6 Å². The normalized spacial score (nSPS) is 20.5. The SMILES string of the molecule is CC1(C(=O)NCCC(F)(F)F)CCNCC1. The molecule has 1 aliphatic rings. The number of hydrogen-bond acceptors (Lipinski definition) is 2. The fourth-order valence-corrected chi connectivity index (χ4v) is 1.74. The standard InChI is InChI=1S/C10H17F3N2O/c1-9(2-5-14-6-3-9)8(16)15-7-4-10(11,12)13/h14H,2-7H2,1H3,(H,15,16). The molecule has 0 radical (unpaired) electrons. The van der Waals surface area contributed by atoms with Gasteiger partial charge < -0.3 is 10.6 Å². The third-order valence-electron chi connectivity index (χ3n) is 2.95. The first-order valence-electron chi connectivity index (χ1n) is 5.39. The molecule has 1 rings (SSSR count). The van der Waals surface area contributed by atoms with Crippen LogP contribution in [-0.2, 0) is 4.79 Å². The molecule has 6 heteroatoms. The van der Waals surface area contributed by atoms with Gasteiger partial charge >= 0.3 is 6.18 Å². The minimum absolute atomic E-state index is 0.266. The van der Waals surface area contributed by atoms with E-state index in [1.807, 2.05) is 0 Å². The first-order chi connectivity index (χ1) is 7.33. The molecule has 1 fully saturated rings. The van der Waals surface area contributed by atoms with Gasteiger partial charge in [-0.1, -0.05) is 6.92 Å². The van der Waals surface area contributed by atoms with Crippen molar-refractivity contribution in [1.82, 2.24) is 10.6 Å². The topological polar surface area (TPSA) is 41.1 Å². The summed E-state index contributed by atoms with van der Waals surface area (Å²) in [4.78, 5) is 11.7. The van der Waals surface area contributed by atoms with Crippen LogP contribution in [-0.4, -0.2) is 31.7 Å². The van der Waals surface area contributed by atoms with Crippen LogP contribution in [0.2, 0.25) is 0 Å². The van der Waals surface area contributed by atoms with Gasteiger partial charge in [-0.15, -0.1) is 0 Å². The van der Waals surface area contributed by atoms with Gasteiger partial charge in [0.05, 0.1) is 6.42 Å². The van der Waals surface area contributed by atoms with Gasteiger partial charge in [-0.25, -0.2) is 0 Å². The summed E-state index contributed by atoms with van der Waals surface area (Å²) in [7, 11) is 0. The number of hydrogen-bond donors (Lipinski definition) is 2. The third kappa shape index (κ3) is 4.00. The lowest BCUT2D eigenvalue weighted by atomic mass is 9.80. The number of nitrogens with one attached hydrogen (secondary N) is 2. The summed E-state index contributed by atoms with van der Waals surface area (Å²) < 4.78 is 35.6. The summed E-state index contributed by atoms with van der Waals surface area (Å²) in [6, 6.07) is 0. The Labute approximate surface area is 92.8 Å². The second-order valence-electron chi connectivity index (χ2n) is 4.43. The van der Waals surface area contributed by atoms with Crippen molar-refractivity contribution >= 4 is 5.91 Å². The molecule has 0 saturated carbocycles. The van der Waals surface area contributed by atoms with E-state index in [0.717, 1.165) is 13.1 Å². The second kappa shape index (κ2) is 5.03. The zero-order chi connectivity index (χ0) is 12.2. The molecule has 16 heavy (non-hydrogen) atoms. The molecule has 0 aliphatic carbocycles. The minimum Gasteiger partial charge on any atom is -0.355 e. The highest BCUT2D eigenvalue weighted by molar-refractivity contribution is 5.82.